The molecule has 0 aliphatic carbocycles. The molecule has 0 radical (unpaired) electrons. The highest BCUT2D eigenvalue weighted by atomic mass is 16.6. The van der Waals surface area contributed by atoms with Crippen LogP contribution in [-0.4, -0.2) is 60.6 Å². The van der Waals surface area contributed by atoms with Crippen LogP contribution in [0.15, 0.2) is 54.6 Å². The molecule has 5 nitrogen and oxygen atoms in total. The third kappa shape index (κ3) is 3.84. The van der Waals surface area contributed by atoms with Gasteiger partial charge in [-0.2, -0.15) is 0 Å². The molecule has 0 N–H and O–H groups in total. The molecule has 29 heavy (non-hydrogen) atoms. The van der Waals surface area contributed by atoms with E-state index in [1.165, 1.54) is 0 Å². The van der Waals surface area contributed by atoms with E-state index in [-0.39, 0.29) is 12.0 Å². The molecule has 2 saturated heterocycles. The lowest BCUT2D eigenvalue weighted by atomic mass is 9.97. The van der Waals surface area contributed by atoms with Crippen molar-refractivity contribution >= 4 is 5.91 Å². The Labute approximate surface area is 172 Å². The molecule has 1 unspecified atom stereocenters. The Bertz CT molecular complexity index is 856. The maximum absolute atomic E-state index is 13.1. The lowest BCUT2D eigenvalue weighted by Crippen LogP contribution is -2.51. The van der Waals surface area contributed by atoms with E-state index in [4.69, 9.17) is 9.47 Å². The van der Waals surface area contributed by atoms with Gasteiger partial charge in [-0.3, -0.25) is 9.69 Å². The number of carbonyl (C=O) groups excluding carboxylic acids is 1. The van der Waals surface area contributed by atoms with Gasteiger partial charge in [-0.1, -0.05) is 42.5 Å². The van der Waals surface area contributed by atoms with E-state index in [1.807, 2.05) is 42.5 Å². The smallest absolute Gasteiger partial charge is 0.230 e. The monoisotopic (exact) mass is 392 g/mol. The Morgan fingerprint density at radius 2 is 1.72 bits per heavy atom. The summed E-state index contributed by atoms with van der Waals surface area (Å²) in [5.74, 6) is 1.99. The molecule has 5 rings (SSSR count). The molecule has 0 aromatic heterocycles. The number of hydrogen-bond donors (Lipinski definition) is 0. The van der Waals surface area contributed by atoms with Gasteiger partial charge in [-0.15, -0.1) is 0 Å². The van der Waals surface area contributed by atoms with E-state index >= 15 is 0 Å². The lowest BCUT2D eigenvalue weighted by molar-refractivity contribution is -0.132. The van der Waals surface area contributed by atoms with E-state index in [0.717, 1.165) is 62.5 Å². The Balaban J connectivity index is 1.20. The molecule has 0 spiro atoms. The SMILES string of the molecule is O=C1C(c2ccccc2)CCN1[C@H]1CCCN(C[C@H]2COc3ccccc3O2)C1. The third-order valence-electron chi connectivity index (χ3n) is 6.39. The summed E-state index contributed by atoms with van der Waals surface area (Å²) in [6.45, 7) is 4.27. The normalized spacial score (nSPS) is 27.2. The van der Waals surface area contributed by atoms with Gasteiger partial charge in [0.05, 0.1) is 5.92 Å². The summed E-state index contributed by atoms with van der Waals surface area (Å²) in [7, 11) is 0. The van der Waals surface area contributed by atoms with Crippen molar-refractivity contribution in [2.45, 2.75) is 37.3 Å². The molecule has 1 amide bonds. The number of hydrogen-bond acceptors (Lipinski definition) is 4. The van der Waals surface area contributed by atoms with E-state index in [9.17, 15) is 4.79 Å². The summed E-state index contributed by atoms with van der Waals surface area (Å²) in [6.07, 6.45) is 3.17. The fourth-order valence-corrected chi connectivity index (χ4v) is 4.95. The standard InChI is InChI=1S/C24H28N2O3/c27-24-21(18-7-2-1-3-8-18)12-14-26(24)19-9-6-13-25(15-19)16-20-17-28-22-10-4-5-11-23(22)29-20/h1-5,7-8,10-11,19-21H,6,9,12-17H2/t19-,20-,21?/m0/s1. The number of carbonyl (C=O) groups is 1. The predicted octanol–water partition coefficient (Wildman–Crippen LogP) is 3.31. The van der Waals surface area contributed by atoms with Crippen LogP contribution in [0.2, 0.25) is 0 Å². The minimum Gasteiger partial charge on any atom is -0.486 e. The van der Waals surface area contributed by atoms with Crippen LogP contribution in [0.25, 0.3) is 0 Å². The number of rotatable bonds is 4. The van der Waals surface area contributed by atoms with Crippen LogP contribution in [0, 0.1) is 0 Å². The van der Waals surface area contributed by atoms with Crippen molar-refractivity contribution in [1.29, 1.82) is 0 Å². The van der Waals surface area contributed by atoms with Crippen molar-refractivity contribution < 1.29 is 14.3 Å². The van der Waals surface area contributed by atoms with E-state index in [2.05, 4.69) is 21.9 Å². The van der Waals surface area contributed by atoms with Gasteiger partial charge >= 0.3 is 0 Å². The number of fused-ring (bicyclic) bond motifs is 1. The zero-order valence-corrected chi connectivity index (χ0v) is 16.7. The van der Waals surface area contributed by atoms with E-state index < -0.39 is 0 Å². The highest BCUT2D eigenvalue weighted by Crippen LogP contribution is 2.33. The highest BCUT2D eigenvalue weighted by Gasteiger charge is 2.38. The first kappa shape index (κ1) is 18.5. The molecule has 2 aromatic rings. The molecule has 2 fully saturated rings. The Hall–Kier alpha value is -2.53. The third-order valence-corrected chi connectivity index (χ3v) is 6.39. The number of benzene rings is 2. The highest BCUT2D eigenvalue weighted by molar-refractivity contribution is 5.86. The van der Waals surface area contributed by atoms with Crippen molar-refractivity contribution in [3.05, 3.63) is 60.2 Å². The Morgan fingerprint density at radius 3 is 2.59 bits per heavy atom. The van der Waals surface area contributed by atoms with Crippen molar-refractivity contribution in [3.63, 3.8) is 0 Å². The molecular weight excluding hydrogens is 364 g/mol. The largest absolute Gasteiger partial charge is 0.486 e. The van der Waals surface area contributed by atoms with Crippen LogP contribution in [0.3, 0.4) is 0 Å². The molecule has 3 heterocycles. The van der Waals surface area contributed by atoms with Crippen LogP contribution >= 0.6 is 0 Å². The van der Waals surface area contributed by atoms with Crippen LogP contribution in [-0.2, 0) is 4.79 Å². The zero-order chi connectivity index (χ0) is 19.6. The van der Waals surface area contributed by atoms with Crippen molar-refractivity contribution in [2.75, 3.05) is 32.8 Å². The van der Waals surface area contributed by atoms with Gasteiger partial charge in [-0.25, -0.2) is 0 Å². The van der Waals surface area contributed by atoms with Gasteiger partial charge in [0.2, 0.25) is 5.91 Å². The second-order valence-electron chi connectivity index (χ2n) is 8.34. The van der Waals surface area contributed by atoms with Gasteiger partial charge < -0.3 is 14.4 Å². The van der Waals surface area contributed by atoms with Crippen molar-refractivity contribution in [1.82, 2.24) is 9.80 Å². The average Bonchev–Trinajstić information content (AvgIpc) is 3.16. The molecule has 0 saturated carbocycles. The summed E-state index contributed by atoms with van der Waals surface area (Å²) < 4.78 is 12.0. The quantitative estimate of drug-likeness (QED) is 0.801. The number of ether oxygens (including phenoxy) is 2. The molecule has 2 aromatic carbocycles. The van der Waals surface area contributed by atoms with Gasteiger partial charge in [0.25, 0.3) is 0 Å². The molecule has 5 heteroatoms. The van der Waals surface area contributed by atoms with Crippen LogP contribution < -0.4 is 9.47 Å². The molecule has 0 bridgehead atoms. The lowest BCUT2D eigenvalue weighted by Gasteiger charge is -2.39. The fourth-order valence-electron chi connectivity index (χ4n) is 4.95. The van der Waals surface area contributed by atoms with Crippen molar-refractivity contribution in [2.24, 2.45) is 0 Å². The number of para-hydroxylation sites is 2. The van der Waals surface area contributed by atoms with Gasteiger partial charge in [0.1, 0.15) is 12.7 Å². The minimum atomic E-state index is 0.0261. The van der Waals surface area contributed by atoms with E-state index in [0.29, 0.717) is 18.6 Å². The summed E-state index contributed by atoms with van der Waals surface area (Å²) in [5.41, 5.74) is 1.15. The topological polar surface area (TPSA) is 42.0 Å². The second-order valence-corrected chi connectivity index (χ2v) is 8.34. The molecule has 152 valence electrons. The average molecular weight is 392 g/mol. The van der Waals surface area contributed by atoms with Gasteiger partial charge in [0.15, 0.2) is 11.5 Å². The Kier molecular flexibility index (Phi) is 5.15. The first-order chi connectivity index (χ1) is 14.3. The number of nitrogens with zero attached hydrogens (tertiary/aromatic N) is 2. The summed E-state index contributed by atoms with van der Waals surface area (Å²) in [5, 5.41) is 0. The maximum Gasteiger partial charge on any atom is 0.230 e. The minimum absolute atomic E-state index is 0.0261. The first-order valence-corrected chi connectivity index (χ1v) is 10.7. The fraction of sp³-hybridized carbons (Fsp3) is 0.458. The number of likely N-dealkylation sites (tertiary alicyclic amines) is 2. The maximum atomic E-state index is 13.1. The van der Waals surface area contributed by atoms with E-state index in [1.54, 1.807) is 0 Å². The van der Waals surface area contributed by atoms with Crippen LogP contribution in [0.5, 0.6) is 11.5 Å². The second kappa shape index (κ2) is 8.07. The van der Waals surface area contributed by atoms with Crippen LogP contribution in [0.4, 0.5) is 0 Å². The summed E-state index contributed by atoms with van der Waals surface area (Å²) in [4.78, 5) is 17.7. The van der Waals surface area contributed by atoms with Crippen molar-refractivity contribution in [3.8, 4) is 11.5 Å². The Morgan fingerprint density at radius 1 is 0.931 bits per heavy atom. The number of piperidine rings is 1. The summed E-state index contributed by atoms with van der Waals surface area (Å²) in [6, 6.07) is 18.4. The molecule has 3 aliphatic heterocycles. The first-order valence-electron chi connectivity index (χ1n) is 10.7. The van der Waals surface area contributed by atoms with Gasteiger partial charge in [-0.05, 0) is 43.5 Å². The predicted molar refractivity (Wildman–Crippen MR) is 111 cm³/mol. The zero-order valence-electron chi connectivity index (χ0n) is 16.7. The van der Waals surface area contributed by atoms with Gasteiger partial charge in [0, 0.05) is 25.7 Å². The number of amides is 1. The molecular formula is C24H28N2O3. The molecule has 3 aliphatic rings. The molecule has 3 atom stereocenters. The van der Waals surface area contributed by atoms with Crippen LogP contribution in [0.1, 0.15) is 30.7 Å². The summed E-state index contributed by atoms with van der Waals surface area (Å²) >= 11 is 0.